The summed E-state index contributed by atoms with van der Waals surface area (Å²) < 4.78 is 37.4. The van der Waals surface area contributed by atoms with E-state index in [1.165, 1.54) is 4.31 Å². The third-order valence-corrected chi connectivity index (χ3v) is 6.61. The Labute approximate surface area is 146 Å². The fourth-order valence-corrected chi connectivity index (χ4v) is 4.96. The van der Waals surface area contributed by atoms with Gasteiger partial charge in [0.2, 0.25) is 11.0 Å². The Bertz CT molecular complexity index is 838. The second kappa shape index (κ2) is 6.54. The van der Waals surface area contributed by atoms with E-state index < -0.39 is 10.0 Å². The van der Waals surface area contributed by atoms with Gasteiger partial charge in [-0.2, -0.15) is 9.29 Å². The highest BCUT2D eigenvalue weighted by Crippen LogP contribution is 2.28. The molecule has 2 aromatic heterocycles. The van der Waals surface area contributed by atoms with E-state index in [2.05, 4.69) is 15.0 Å². The molecule has 2 aliphatic heterocycles. The zero-order valence-electron chi connectivity index (χ0n) is 14.2. The summed E-state index contributed by atoms with van der Waals surface area (Å²) in [6.45, 7) is 5.24. The van der Waals surface area contributed by atoms with Crippen LogP contribution in [0.15, 0.2) is 26.2 Å². The van der Waals surface area contributed by atoms with E-state index in [0.717, 1.165) is 32.4 Å². The second-order valence-electron chi connectivity index (χ2n) is 6.73. The normalized spacial score (nSPS) is 22.8. The number of rotatable bonds is 5. The SMILES string of the molecule is Cc1noc(C2CCN(Cc3ccc(S(=O)(=O)N4CCCC4)o3)C2)n1. The van der Waals surface area contributed by atoms with Crippen molar-refractivity contribution in [2.45, 2.75) is 43.7 Å². The Morgan fingerprint density at radius 3 is 2.76 bits per heavy atom. The number of likely N-dealkylation sites (tertiary alicyclic amines) is 1. The molecule has 4 heterocycles. The molecule has 0 bridgehead atoms. The molecular weight excluding hydrogens is 344 g/mol. The molecule has 0 aliphatic carbocycles. The second-order valence-corrected chi connectivity index (χ2v) is 8.60. The van der Waals surface area contributed by atoms with Crippen LogP contribution in [0.2, 0.25) is 0 Å². The molecule has 0 amide bonds. The molecule has 4 rings (SSSR count). The Kier molecular flexibility index (Phi) is 4.38. The van der Waals surface area contributed by atoms with Crippen LogP contribution in [0.1, 0.15) is 42.7 Å². The lowest BCUT2D eigenvalue weighted by Crippen LogP contribution is -2.27. The largest absolute Gasteiger partial charge is 0.447 e. The zero-order valence-corrected chi connectivity index (χ0v) is 15.0. The molecule has 2 fully saturated rings. The van der Waals surface area contributed by atoms with Gasteiger partial charge in [-0.15, -0.1) is 0 Å². The third kappa shape index (κ3) is 3.36. The van der Waals surface area contributed by atoms with Gasteiger partial charge in [0, 0.05) is 19.6 Å². The first kappa shape index (κ1) is 16.7. The van der Waals surface area contributed by atoms with Crippen LogP contribution in [-0.4, -0.2) is 53.9 Å². The van der Waals surface area contributed by atoms with Crippen molar-refractivity contribution >= 4 is 10.0 Å². The number of aryl methyl sites for hydroxylation is 1. The quantitative estimate of drug-likeness (QED) is 0.796. The van der Waals surface area contributed by atoms with Gasteiger partial charge in [-0.1, -0.05) is 5.16 Å². The maximum atomic E-state index is 12.5. The summed E-state index contributed by atoms with van der Waals surface area (Å²) in [6, 6.07) is 3.32. The standard InChI is InChI=1S/C16H22N4O4S/c1-12-17-16(24-18-12)13-6-9-19(10-13)11-14-4-5-15(23-14)25(21,22)20-7-2-3-8-20/h4-5,13H,2-3,6-11H2,1H3. The Morgan fingerprint density at radius 1 is 1.24 bits per heavy atom. The van der Waals surface area contributed by atoms with Crippen molar-refractivity contribution in [2.75, 3.05) is 26.2 Å². The lowest BCUT2D eigenvalue weighted by atomic mass is 10.1. The molecule has 1 atom stereocenters. The highest BCUT2D eigenvalue weighted by Gasteiger charge is 2.31. The molecule has 8 nitrogen and oxygen atoms in total. The van der Waals surface area contributed by atoms with Crippen LogP contribution < -0.4 is 0 Å². The van der Waals surface area contributed by atoms with E-state index in [-0.39, 0.29) is 11.0 Å². The van der Waals surface area contributed by atoms with Gasteiger partial charge in [-0.3, -0.25) is 4.90 Å². The summed E-state index contributed by atoms with van der Waals surface area (Å²) in [5, 5.41) is 3.89. The molecule has 2 aliphatic rings. The zero-order chi connectivity index (χ0) is 17.4. The topological polar surface area (TPSA) is 92.7 Å². The predicted molar refractivity (Wildman–Crippen MR) is 88.4 cm³/mol. The predicted octanol–water partition coefficient (Wildman–Crippen LogP) is 1.75. The minimum atomic E-state index is -3.49. The monoisotopic (exact) mass is 366 g/mol. The first-order valence-electron chi connectivity index (χ1n) is 8.64. The Morgan fingerprint density at radius 2 is 2.04 bits per heavy atom. The molecule has 136 valence electrons. The van der Waals surface area contributed by atoms with Crippen LogP contribution in [0.3, 0.4) is 0 Å². The highest BCUT2D eigenvalue weighted by molar-refractivity contribution is 7.89. The average Bonchev–Trinajstić information content (AvgIpc) is 3.36. The fraction of sp³-hybridized carbons (Fsp3) is 0.625. The van der Waals surface area contributed by atoms with Crippen molar-refractivity contribution < 1.29 is 17.4 Å². The number of aromatic nitrogens is 2. The van der Waals surface area contributed by atoms with Gasteiger partial charge in [0.15, 0.2) is 5.82 Å². The van der Waals surface area contributed by atoms with Crippen molar-refractivity contribution in [3.8, 4) is 0 Å². The summed E-state index contributed by atoms with van der Waals surface area (Å²) in [5.41, 5.74) is 0. The van der Waals surface area contributed by atoms with E-state index in [4.69, 9.17) is 8.94 Å². The van der Waals surface area contributed by atoms with E-state index in [0.29, 0.717) is 37.1 Å². The lowest BCUT2D eigenvalue weighted by Gasteiger charge is -2.14. The number of nitrogens with zero attached hydrogens (tertiary/aromatic N) is 4. The van der Waals surface area contributed by atoms with Crippen molar-refractivity contribution in [1.82, 2.24) is 19.3 Å². The highest BCUT2D eigenvalue weighted by atomic mass is 32.2. The first-order chi connectivity index (χ1) is 12.0. The minimum absolute atomic E-state index is 0.0488. The van der Waals surface area contributed by atoms with E-state index in [9.17, 15) is 8.42 Å². The molecule has 0 radical (unpaired) electrons. The smallest absolute Gasteiger partial charge is 0.276 e. The van der Waals surface area contributed by atoms with Crippen molar-refractivity contribution in [2.24, 2.45) is 0 Å². The summed E-state index contributed by atoms with van der Waals surface area (Å²) in [4.78, 5) is 6.52. The summed E-state index contributed by atoms with van der Waals surface area (Å²) in [5.74, 6) is 2.22. The summed E-state index contributed by atoms with van der Waals surface area (Å²) >= 11 is 0. The Hall–Kier alpha value is -1.71. The van der Waals surface area contributed by atoms with E-state index in [1.54, 1.807) is 12.1 Å². The Balaban J connectivity index is 1.40. The minimum Gasteiger partial charge on any atom is -0.447 e. The molecule has 0 aromatic carbocycles. The summed E-state index contributed by atoms with van der Waals surface area (Å²) in [6.07, 6.45) is 2.77. The molecule has 0 N–H and O–H groups in total. The van der Waals surface area contributed by atoms with Gasteiger partial charge in [-0.05, 0) is 44.9 Å². The lowest BCUT2D eigenvalue weighted by molar-refractivity contribution is 0.272. The molecule has 25 heavy (non-hydrogen) atoms. The third-order valence-electron chi connectivity index (χ3n) is 4.84. The van der Waals surface area contributed by atoms with Gasteiger partial charge in [0.1, 0.15) is 5.76 Å². The molecule has 9 heteroatoms. The van der Waals surface area contributed by atoms with Crippen LogP contribution in [0.4, 0.5) is 0 Å². The van der Waals surface area contributed by atoms with Crippen molar-refractivity contribution in [3.63, 3.8) is 0 Å². The van der Waals surface area contributed by atoms with Gasteiger partial charge >= 0.3 is 0 Å². The number of hydrogen-bond acceptors (Lipinski definition) is 7. The maximum Gasteiger partial charge on any atom is 0.276 e. The fourth-order valence-electron chi connectivity index (χ4n) is 3.51. The first-order valence-corrected chi connectivity index (χ1v) is 10.1. The van der Waals surface area contributed by atoms with Gasteiger partial charge in [-0.25, -0.2) is 8.42 Å². The van der Waals surface area contributed by atoms with Crippen molar-refractivity contribution in [1.29, 1.82) is 0 Å². The summed E-state index contributed by atoms with van der Waals surface area (Å²) in [7, 11) is -3.49. The maximum absolute atomic E-state index is 12.5. The number of hydrogen-bond donors (Lipinski definition) is 0. The van der Waals surface area contributed by atoms with Gasteiger partial charge < -0.3 is 8.94 Å². The van der Waals surface area contributed by atoms with Crippen molar-refractivity contribution in [3.05, 3.63) is 29.6 Å². The molecule has 2 saturated heterocycles. The number of furan rings is 1. The molecule has 0 spiro atoms. The number of sulfonamides is 1. The molecule has 1 unspecified atom stereocenters. The van der Waals surface area contributed by atoms with Gasteiger partial charge in [0.05, 0.1) is 12.5 Å². The van der Waals surface area contributed by atoms with Crippen LogP contribution >= 0.6 is 0 Å². The van der Waals surface area contributed by atoms with E-state index >= 15 is 0 Å². The molecule has 0 saturated carbocycles. The van der Waals surface area contributed by atoms with E-state index in [1.807, 2.05) is 6.92 Å². The molecular formula is C16H22N4O4S. The van der Waals surface area contributed by atoms with Crippen LogP contribution in [-0.2, 0) is 16.6 Å². The molecule has 2 aromatic rings. The van der Waals surface area contributed by atoms with Crippen LogP contribution in [0.25, 0.3) is 0 Å². The van der Waals surface area contributed by atoms with Crippen LogP contribution in [0, 0.1) is 6.92 Å². The van der Waals surface area contributed by atoms with Crippen LogP contribution in [0.5, 0.6) is 0 Å². The average molecular weight is 366 g/mol. The van der Waals surface area contributed by atoms with Gasteiger partial charge in [0.25, 0.3) is 10.0 Å².